The first-order chi connectivity index (χ1) is 7.26. The van der Waals surface area contributed by atoms with Gasteiger partial charge in [-0.15, -0.1) is 5.92 Å². The van der Waals surface area contributed by atoms with Crippen LogP contribution in [0.3, 0.4) is 0 Å². The van der Waals surface area contributed by atoms with Gasteiger partial charge in [0.2, 0.25) is 5.88 Å². The van der Waals surface area contributed by atoms with Crippen molar-refractivity contribution in [3.05, 3.63) is 23.9 Å². The van der Waals surface area contributed by atoms with E-state index in [1.54, 1.807) is 26.3 Å². The van der Waals surface area contributed by atoms with Crippen LogP contribution in [0.1, 0.15) is 18.9 Å². The van der Waals surface area contributed by atoms with Crippen molar-refractivity contribution in [1.82, 2.24) is 4.98 Å². The molecule has 0 bridgehead atoms. The summed E-state index contributed by atoms with van der Waals surface area (Å²) in [5.74, 6) is 6.11. The van der Waals surface area contributed by atoms with E-state index in [1.165, 1.54) is 0 Å². The summed E-state index contributed by atoms with van der Waals surface area (Å²) >= 11 is 0. The van der Waals surface area contributed by atoms with Crippen molar-refractivity contribution < 1.29 is 9.53 Å². The lowest BCUT2D eigenvalue weighted by Crippen LogP contribution is -2.01. The van der Waals surface area contributed by atoms with E-state index in [0.717, 1.165) is 5.56 Å². The number of rotatable bonds is 4. The van der Waals surface area contributed by atoms with E-state index in [2.05, 4.69) is 16.8 Å². The van der Waals surface area contributed by atoms with Gasteiger partial charge in [0.05, 0.1) is 13.5 Å². The summed E-state index contributed by atoms with van der Waals surface area (Å²) in [6.07, 6.45) is 2.34. The van der Waals surface area contributed by atoms with E-state index < -0.39 is 0 Å². The number of carbonyl (C=O) groups is 1. The number of pyridine rings is 1. The molecule has 3 heteroatoms. The third-order valence-corrected chi connectivity index (χ3v) is 1.87. The third-order valence-electron chi connectivity index (χ3n) is 1.87. The van der Waals surface area contributed by atoms with Crippen molar-refractivity contribution >= 4 is 5.78 Å². The molecule has 0 aliphatic rings. The first kappa shape index (κ1) is 11.3. The Morgan fingerprint density at radius 1 is 1.53 bits per heavy atom. The van der Waals surface area contributed by atoms with Gasteiger partial charge in [-0.2, -0.15) is 0 Å². The van der Waals surface area contributed by atoms with Crippen molar-refractivity contribution in [3.8, 4) is 17.7 Å². The minimum atomic E-state index is 0.108. The first-order valence-electron chi connectivity index (χ1n) is 4.66. The lowest BCUT2D eigenvalue weighted by molar-refractivity contribution is -0.117. The number of Topliss-reactive ketones (excluding diaryl/α,β-unsaturated/α-hetero) is 1. The molecule has 0 saturated heterocycles. The molecule has 0 amide bonds. The topological polar surface area (TPSA) is 39.2 Å². The van der Waals surface area contributed by atoms with Crippen molar-refractivity contribution in [2.75, 3.05) is 7.11 Å². The number of methoxy groups -OCH3 is 1. The molecule has 0 saturated carbocycles. The average molecular weight is 203 g/mol. The summed E-state index contributed by atoms with van der Waals surface area (Å²) in [7, 11) is 1.56. The molecule has 1 aromatic heterocycles. The Kier molecular flexibility index (Phi) is 4.36. The van der Waals surface area contributed by atoms with Crippen LogP contribution in [0.5, 0.6) is 5.88 Å². The van der Waals surface area contributed by atoms with Gasteiger partial charge < -0.3 is 4.74 Å². The molecule has 0 aliphatic heterocycles. The fraction of sp³-hybridized carbons (Fsp3) is 0.333. The molecule has 78 valence electrons. The maximum Gasteiger partial charge on any atom is 0.212 e. The van der Waals surface area contributed by atoms with Crippen LogP contribution in [-0.4, -0.2) is 17.9 Å². The summed E-state index contributed by atoms with van der Waals surface area (Å²) in [5.41, 5.74) is 0.888. The molecule has 0 fully saturated rings. The van der Waals surface area contributed by atoms with Crippen LogP contribution in [0, 0.1) is 11.8 Å². The molecule has 0 aromatic carbocycles. The summed E-state index contributed by atoms with van der Waals surface area (Å²) in [6, 6.07) is 3.58. The summed E-state index contributed by atoms with van der Waals surface area (Å²) in [4.78, 5) is 15.4. The summed E-state index contributed by atoms with van der Waals surface area (Å²) in [5, 5.41) is 0. The maximum absolute atomic E-state index is 11.4. The Morgan fingerprint density at radius 3 is 2.87 bits per heavy atom. The third kappa shape index (κ3) is 3.82. The molecule has 1 aromatic rings. The number of hydrogen-bond acceptors (Lipinski definition) is 3. The van der Waals surface area contributed by atoms with Crippen molar-refractivity contribution in [2.24, 2.45) is 0 Å². The number of hydrogen-bond donors (Lipinski definition) is 0. The van der Waals surface area contributed by atoms with Gasteiger partial charge in [-0.1, -0.05) is 12.0 Å². The largest absolute Gasteiger partial charge is 0.481 e. The normalized spacial score (nSPS) is 8.93. The van der Waals surface area contributed by atoms with Crippen LogP contribution in [0.4, 0.5) is 0 Å². The number of carbonyl (C=O) groups excluding carboxylic acids is 1. The van der Waals surface area contributed by atoms with E-state index in [-0.39, 0.29) is 5.78 Å². The van der Waals surface area contributed by atoms with Crippen molar-refractivity contribution in [3.63, 3.8) is 0 Å². The Morgan fingerprint density at radius 2 is 2.33 bits per heavy atom. The summed E-state index contributed by atoms with van der Waals surface area (Å²) in [6.45, 7) is 1.72. The van der Waals surface area contributed by atoms with Crippen LogP contribution in [0.25, 0.3) is 0 Å². The second-order valence-corrected chi connectivity index (χ2v) is 3.03. The van der Waals surface area contributed by atoms with Gasteiger partial charge in [0.15, 0.2) is 0 Å². The highest BCUT2D eigenvalue weighted by molar-refractivity contribution is 5.82. The number of aromatic nitrogens is 1. The summed E-state index contributed by atoms with van der Waals surface area (Å²) < 4.78 is 4.92. The minimum Gasteiger partial charge on any atom is -0.481 e. The van der Waals surface area contributed by atoms with E-state index in [0.29, 0.717) is 18.7 Å². The molecular formula is C12H13NO2. The average Bonchev–Trinajstić information content (AvgIpc) is 2.27. The molecule has 3 nitrogen and oxygen atoms in total. The van der Waals surface area contributed by atoms with Crippen LogP contribution in [0.2, 0.25) is 0 Å². The molecule has 0 spiro atoms. The zero-order chi connectivity index (χ0) is 11.1. The molecule has 0 N–H and O–H groups in total. The van der Waals surface area contributed by atoms with Gasteiger partial charge in [0, 0.05) is 18.7 Å². The van der Waals surface area contributed by atoms with Gasteiger partial charge in [-0.3, -0.25) is 4.79 Å². The highest BCUT2D eigenvalue weighted by atomic mass is 16.5. The molecular weight excluding hydrogens is 190 g/mol. The SMILES string of the molecule is CC#CCC(=O)Cc1ccc(OC)nc1. The fourth-order valence-electron chi connectivity index (χ4n) is 1.11. The van der Waals surface area contributed by atoms with Gasteiger partial charge in [0.1, 0.15) is 5.78 Å². The van der Waals surface area contributed by atoms with E-state index in [1.807, 2.05) is 6.07 Å². The monoisotopic (exact) mass is 203 g/mol. The molecule has 0 atom stereocenters. The second kappa shape index (κ2) is 5.82. The lowest BCUT2D eigenvalue weighted by atomic mass is 10.1. The van der Waals surface area contributed by atoms with Crippen molar-refractivity contribution in [1.29, 1.82) is 0 Å². The number of ether oxygens (including phenoxy) is 1. The predicted molar refractivity (Wildman–Crippen MR) is 57.6 cm³/mol. The van der Waals surface area contributed by atoms with E-state index in [9.17, 15) is 4.79 Å². The van der Waals surface area contributed by atoms with Gasteiger partial charge in [-0.05, 0) is 12.5 Å². The Balaban J connectivity index is 2.55. The molecule has 1 heterocycles. The number of ketones is 1. The van der Waals surface area contributed by atoms with Gasteiger partial charge >= 0.3 is 0 Å². The zero-order valence-electron chi connectivity index (χ0n) is 8.91. The maximum atomic E-state index is 11.4. The van der Waals surface area contributed by atoms with Crippen LogP contribution in [-0.2, 0) is 11.2 Å². The molecule has 0 unspecified atom stereocenters. The molecule has 1 rings (SSSR count). The van der Waals surface area contributed by atoms with Crippen molar-refractivity contribution in [2.45, 2.75) is 19.8 Å². The number of nitrogens with zero attached hydrogens (tertiary/aromatic N) is 1. The van der Waals surface area contributed by atoms with Crippen LogP contribution < -0.4 is 4.74 Å². The molecule has 15 heavy (non-hydrogen) atoms. The second-order valence-electron chi connectivity index (χ2n) is 3.03. The van der Waals surface area contributed by atoms with E-state index in [4.69, 9.17) is 4.74 Å². The highest BCUT2D eigenvalue weighted by Crippen LogP contribution is 2.07. The predicted octanol–water partition coefficient (Wildman–Crippen LogP) is 1.62. The Labute approximate surface area is 89.5 Å². The van der Waals surface area contributed by atoms with Gasteiger partial charge in [0.25, 0.3) is 0 Å². The Hall–Kier alpha value is -1.82. The highest BCUT2D eigenvalue weighted by Gasteiger charge is 2.02. The van der Waals surface area contributed by atoms with Crippen LogP contribution >= 0.6 is 0 Å². The Bertz CT molecular complexity index is 384. The van der Waals surface area contributed by atoms with E-state index >= 15 is 0 Å². The smallest absolute Gasteiger partial charge is 0.212 e. The minimum absolute atomic E-state index is 0.108. The zero-order valence-corrected chi connectivity index (χ0v) is 8.91. The van der Waals surface area contributed by atoms with Crippen LogP contribution in [0.15, 0.2) is 18.3 Å². The first-order valence-corrected chi connectivity index (χ1v) is 4.66. The standard InChI is InChI=1S/C12H13NO2/c1-3-4-5-11(14)8-10-6-7-12(15-2)13-9-10/h6-7,9H,5,8H2,1-2H3. The fourth-order valence-corrected chi connectivity index (χ4v) is 1.11. The van der Waals surface area contributed by atoms with Gasteiger partial charge in [-0.25, -0.2) is 4.98 Å². The molecule has 0 aliphatic carbocycles. The lowest BCUT2D eigenvalue weighted by Gasteiger charge is -2.00. The quantitative estimate of drug-likeness (QED) is 0.698. The molecule has 0 radical (unpaired) electrons.